The number of aromatic nitrogens is 1. The van der Waals surface area contributed by atoms with Crippen molar-refractivity contribution in [2.24, 2.45) is 0 Å². The number of fused-ring (bicyclic) bond motifs is 1. The zero-order chi connectivity index (χ0) is 10.7. The Balaban J connectivity index is 2.51. The summed E-state index contributed by atoms with van der Waals surface area (Å²) in [5, 5.41) is 1.57. The number of alkyl halides is 1. The Morgan fingerprint density at radius 1 is 1.27 bits per heavy atom. The molecule has 0 aliphatic heterocycles. The first-order valence-electron chi connectivity index (χ1n) is 4.55. The lowest BCUT2D eigenvalue weighted by Gasteiger charge is -2.07. The Morgan fingerprint density at radius 2 is 2.13 bits per heavy atom. The molecule has 1 heterocycles. The van der Waals surface area contributed by atoms with Crippen LogP contribution in [0.15, 0.2) is 30.5 Å². The molecule has 0 bridgehead atoms. The summed E-state index contributed by atoms with van der Waals surface area (Å²) in [5.41, 5.74) is 0.773. The van der Waals surface area contributed by atoms with Crippen molar-refractivity contribution in [3.05, 3.63) is 35.5 Å². The number of benzene rings is 1. The fourth-order valence-electron chi connectivity index (χ4n) is 1.38. The molecule has 1 aromatic heterocycles. The minimum Gasteiger partial charge on any atom is -0.490 e. The summed E-state index contributed by atoms with van der Waals surface area (Å²) in [4.78, 5) is 4.24. The van der Waals surface area contributed by atoms with Crippen LogP contribution in [0, 0.1) is 0 Å². The lowest BCUT2D eigenvalue weighted by atomic mass is 10.2. The number of hydrogen-bond donors (Lipinski definition) is 0. The van der Waals surface area contributed by atoms with E-state index in [9.17, 15) is 0 Å². The molecule has 15 heavy (non-hydrogen) atoms. The first kappa shape index (κ1) is 10.5. The molecule has 0 unspecified atom stereocenters. The predicted octanol–water partition coefficient (Wildman–Crippen LogP) is 3.51. The van der Waals surface area contributed by atoms with Crippen LogP contribution in [0.4, 0.5) is 0 Å². The van der Waals surface area contributed by atoms with Gasteiger partial charge in [0.05, 0.1) is 10.9 Å². The van der Waals surface area contributed by atoms with Gasteiger partial charge >= 0.3 is 0 Å². The number of rotatable bonds is 3. The third kappa shape index (κ3) is 2.16. The van der Waals surface area contributed by atoms with Crippen LogP contribution >= 0.6 is 23.2 Å². The Bertz CT molecular complexity index is 473. The number of nitrogens with zero attached hydrogens (tertiary/aromatic N) is 1. The lowest BCUT2D eigenvalue weighted by molar-refractivity contribution is 0.346. The summed E-state index contributed by atoms with van der Waals surface area (Å²) in [6.45, 7) is 0.467. The molecule has 0 radical (unpaired) electrons. The van der Waals surface area contributed by atoms with Crippen LogP contribution in [0.2, 0.25) is 5.02 Å². The minimum atomic E-state index is 0.455. The molecule has 0 fully saturated rings. The summed E-state index contributed by atoms with van der Waals surface area (Å²) in [5.74, 6) is 1.17. The second kappa shape index (κ2) is 4.69. The molecule has 0 N–H and O–H groups in total. The standard InChI is InChI=1S/C11H9Cl2NO/c12-5-7-15-10-4-3-9(13)8-2-1-6-14-11(8)10/h1-4,6H,5,7H2. The molecule has 0 spiro atoms. The quantitative estimate of drug-likeness (QED) is 0.768. The molecular weight excluding hydrogens is 233 g/mol. The van der Waals surface area contributed by atoms with Gasteiger partial charge in [-0.2, -0.15) is 0 Å². The number of halogens is 2. The fraction of sp³-hybridized carbons (Fsp3) is 0.182. The average Bonchev–Trinajstić information content (AvgIpc) is 2.29. The Kier molecular flexibility index (Phi) is 3.29. The highest BCUT2D eigenvalue weighted by Crippen LogP contribution is 2.29. The average molecular weight is 242 g/mol. The summed E-state index contributed by atoms with van der Waals surface area (Å²) in [6, 6.07) is 7.37. The molecule has 0 saturated carbocycles. The van der Waals surface area contributed by atoms with E-state index in [1.165, 1.54) is 0 Å². The maximum Gasteiger partial charge on any atom is 0.145 e. The van der Waals surface area contributed by atoms with Crippen LogP contribution in [0.25, 0.3) is 10.9 Å². The molecule has 2 aromatic rings. The second-order valence-corrected chi connectivity index (χ2v) is 3.77. The zero-order valence-electron chi connectivity index (χ0n) is 7.91. The largest absolute Gasteiger partial charge is 0.490 e. The molecular formula is C11H9Cl2NO. The highest BCUT2D eigenvalue weighted by molar-refractivity contribution is 6.35. The van der Waals surface area contributed by atoms with E-state index in [4.69, 9.17) is 27.9 Å². The molecule has 2 rings (SSSR count). The van der Waals surface area contributed by atoms with E-state index in [0.29, 0.717) is 17.5 Å². The number of pyridine rings is 1. The number of hydrogen-bond acceptors (Lipinski definition) is 2. The lowest BCUT2D eigenvalue weighted by Crippen LogP contribution is -1.99. The van der Waals surface area contributed by atoms with Crippen molar-refractivity contribution in [3.63, 3.8) is 0 Å². The van der Waals surface area contributed by atoms with Crippen molar-refractivity contribution in [1.82, 2.24) is 4.98 Å². The van der Waals surface area contributed by atoms with Gasteiger partial charge in [0.25, 0.3) is 0 Å². The Hall–Kier alpha value is -0.990. The SMILES string of the molecule is ClCCOc1ccc(Cl)c2cccnc12. The summed E-state index contributed by atoms with van der Waals surface area (Å²) in [6.07, 6.45) is 1.71. The van der Waals surface area contributed by atoms with Gasteiger partial charge in [0.2, 0.25) is 0 Å². The van der Waals surface area contributed by atoms with Gasteiger partial charge < -0.3 is 4.74 Å². The van der Waals surface area contributed by atoms with Gasteiger partial charge in [0.1, 0.15) is 17.9 Å². The van der Waals surface area contributed by atoms with Crippen LogP contribution in [-0.2, 0) is 0 Å². The van der Waals surface area contributed by atoms with Crippen LogP contribution in [0.1, 0.15) is 0 Å². The van der Waals surface area contributed by atoms with Crippen molar-refractivity contribution in [2.45, 2.75) is 0 Å². The maximum absolute atomic E-state index is 6.04. The fourth-order valence-corrected chi connectivity index (χ4v) is 1.67. The van der Waals surface area contributed by atoms with E-state index in [-0.39, 0.29) is 0 Å². The van der Waals surface area contributed by atoms with E-state index in [1.807, 2.05) is 18.2 Å². The molecule has 0 atom stereocenters. The van der Waals surface area contributed by atoms with Gasteiger partial charge in [-0.25, -0.2) is 0 Å². The van der Waals surface area contributed by atoms with Gasteiger partial charge in [-0.05, 0) is 24.3 Å². The minimum absolute atomic E-state index is 0.455. The molecule has 4 heteroatoms. The normalized spacial score (nSPS) is 10.5. The van der Waals surface area contributed by atoms with Gasteiger partial charge in [-0.1, -0.05) is 11.6 Å². The van der Waals surface area contributed by atoms with Crippen molar-refractivity contribution < 1.29 is 4.74 Å². The molecule has 1 aromatic carbocycles. The van der Waals surface area contributed by atoms with Crippen molar-refractivity contribution in [2.75, 3.05) is 12.5 Å². The van der Waals surface area contributed by atoms with Crippen LogP contribution < -0.4 is 4.74 Å². The van der Waals surface area contributed by atoms with Crippen molar-refractivity contribution in [3.8, 4) is 5.75 Å². The molecule has 78 valence electrons. The van der Waals surface area contributed by atoms with E-state index in [0.717, 1.165) is 16.7 Å². The van der Waals surface area contributed by atoms with Crippen LogP contribution in [0.5, 0.6) is 5.75 Å². The van der Waals surface area contributed by atoms with Crippen molar-refractivity contribution >= 4 is 34.1 Å². The van der Waals surface area contributed by atoms with E-state index < -0.39 is 0 Å². The first-order chi connectivity index (χ1) is 7.33. The Morgan fingerprint density at radius 3 is 2.93 bits per heavy atom. The smallest absolute Gasteiger partial charge is 0.145 e. The monoisotopic (exact) mass is 241 g/mol. The first-order valence-corrected chi connectivity index (χ1v) is 5.46. The molecule has 0 aliphatic rings. The van der Waals surface area contributed by atoms with E-state index in [1.54, 1.807) is 12.3 Å². The Labute approximate surface area is 97.8 Å². The van der Waals surface area contributed by atoms with Gasteiger partial charge in [0.15, 0.2) is 0 Å². The number of ether oxygens (including phenoxy) is 1. The third-order valence-corrected chi connectivity index (χ3v) is 2.50. The summed E-state index contributed by atoms with van der Waals surface area (Å²) >= 11 is 11.6. The molecule has 0 saturated heterocycles. The van der Waals surface area contributed by atoms with Gasteiger partial charge in [-0.15, -0.1) is 11.6 Å². The van der Waals surface area contributed by atoms with Gasteiger partial charge in [0, 0.05) is 11.6 Å². The topological polar surface area (TPSA) is 22.1 Å². The van der Waals surface area contributed by atoms with Crippen LogP contribution in [0.3, 0.4) is 0 Å². The van der Waals surface area contributed by atoms with Crippen molar-refractivity contribution in [1.29, 1.82) is 0 Å². The highest BCUT2D eigenvalue weighted by Gasteiger charge is 2.05. The zero-order valence-corrected chi connectivity index (χ0v) is 9.42. The van der Waals surface area contributed by atoms with E-state index >= 15 is 0 Å². The molecule has 0 aliphatic carbocycles. The molecule has 0 amide bonds. The predicted molar refractivity (Wildman–Crippen MR) is 63.0 cm³/mol. The highest BCUT2D eigenvalue weighted by atomic mass is 35.5. The van der Waals surface area contributed by atoms with Gasteiger partial charge in [-0.3, -0.25) is 4.98 Å². The van der Waals surface area contributed by atoms with E-state index in [2.05, 4.69) is 4.98 Å². The third-order valence-electron chi connectivity index (χ3n) is 2.01. The maximum atomic E-state index is 6.04. The molecule has 2 nitrogen and oxygen atoms in total. The second-order valence-electron chi connectivity index (χ2n) is 2.98. The summed E-state index contributed by atoms with van der Waals surface area (Å²) in [7, 11) is 0. The summed E-state index contributed by atoms with van der Waals surface area (Å²) < 4.78 is 5.47. The van der Waals surface area contributed by atoms with Crippen LogP contribution in [-0.4, -0.2) is 17.5 Å².